The summed E-state index contributed by atoms with van der Waals surface area (Å²) in [5, 5.41) is 0. The van der Waals surface area contributed by atoms with Crippen LogP contribution in [0.2, 0.25) is 0 Å². The first kappa shape index (κ1) is 13.9. The lowest BCUT2D eigenvalue weighted by molar-refractivity contribution is -0.0282. The van der Waals surface area contributed by atoms with Gasteiger partial charge < -0.3 is 16.2 Å². The molecular weight excluding hydrogens is 214 g/mol. The van der Waals surface area contributed by atoms with Gasteiger partial charge in [-0.1, -0.05) is 26.8 Å². The van der Waals surface area contributed by atoms with E-state index in [1.54, 1.807) is 6.20 Å². The monoisotopic (exact) mass is 237 g/mol. The number of aromatic nitrogens is 1. The highest BCUT2D eigenvalue weighted by Gasteiger charge is 2.32. The maximum atomic E-state index is 6.27. The summed E-state index contributed by atoms with van der Waals surface area (Å²) in [6, 6.07) is 3.49. The highest BCUT2D eigenvalue weighted by atomic mass is 16.5. The summed E-state index contributed by atoms with van der Waals surface area (Å²) < 4.78 is 5.77. The quantitative estimate of drug-likeness (QED) is 0.841. The normalized spacial score (nSPS) is 15.6. The van der Waals surface area contributed by atoms with Crippen LogP contribution in [0.1, 0.15) is 39.3 Å². The Morgan fingerprint density at radius 2 is 2.06 bits per heavy atom. The van der Waals surface area contributed by atoms with Crippen molar-refractivity contribution >= 4 is 5.82 Å². The number of nitrogens with zero attached hydrogens (tertiary/aromatic N) is 1. The van der Waals surface area contributed by atoms with Crippen molar-refractivity contribution in [3.05, 3.63) is 23.9 Å². The first-order chi connectivity index (χ1) is 7.88. The number of pyridine rings is 1. The third-order valence-corrected chi connectivity index (χ3v) is 2.76. The molecular formula is C13H23N3O. The third-order valence-electron chi connectivity index (χ3n) is 2.76. The van der Waals surface area contributed by atoms with Gasteiger partial charge in [0.2, 0.25) is 0 Å². The second-order valence-corrected chi connectivity index (χ2v) is 5.25. The van der Waals surface area contributed by atoms with Crippen molar-refractivity contribution in [2.45, 2.75) is 39.8 Å². The van der Waals surface area contributed by atoms with E-state index in [9.17, 15) is 0 Å². The van der Waals surface area contributed by atoms with Crippen LogP contribution < -0.4 is 11.5 Å². The average molecular weight is 237 g/mol. The molecule has 4 nitrogen and oxygen atoms in total. The van der Waals surface area contributed by atoms with E-state index in [1.807, 2.05) is 19.1 Å². The summed E-state index contributed by atoms with van der Waals surface area (Å²) in [6.45, 7) is 8.94. The van der Waals surface area contributed by atoms with Gasteiger partial charge in [-0.15, -0.1) is 0 Å². The Labute approximate surface area is 103 Å². The second kappa shape index (κ2) is 5.47. The van der Waals surface area contributed by atoms with Gasteiger partial charge >= 0.3 is 0 Å². The molecule has 0 spiro atoms. The van der Waals surface area contributed by atoms with Crippen molar-refractivity contribution in [1.29, 1.82) is 0 Å². The molecule has 1 aromatic rings. The molecule has 4 heteroatoms. The molecule has 0 aliphatic heterocycles. The van der Waals surface area contributed by atoms with Crippen molar-refractivity contribution in [2.75, 3.05) is 12.3 Å². The molecule has 96 valence electrons. The molecule has 0 radical (unpaired) electrons. The molecule has 1 aromatic heterocycles. The predicted molar refractivity (Wildman–Crippen MR) is 70.4 cm³/mol. The fourth-order valence-electron chi connectivity index (χ4n) is 1.95. The third kappa shape index (κ3) is 3.41. The van der Waals surface area contributed by atoms with E-state index in [0.29, 0.717) is 12.4 Å². The summed E-state index contributed by atoms with van der Waals surface area (Å²) in [5.41, 5.74) is 12.9. The van der Waals surface area contributed by atoms with Crippen LogP contribution in [0.4, 0.5) is 5.82 Å². The molecule has 1 heterocycles. The molecule has 0 aliphatic rings. The zero-order valence-corrected chi connectivity index (χ0v) is 11.1. The van der Waals surface area contributed by atoms with Crippen LogP contribution in [0.15, 0.2) is 18.3 Å². The average Bonchev–Trinajstić information content (AvgIpc) is 2.24. The topological polar surface area (TPSA) is 74.2 Å². The summed E-state index contributed by atoms with van der Waals surface area (Å²) in [7, 11) is 0. The van der Waals surface area contributed by atoms with E-state index >= 15 is 0 Å². The number of anilines is 1. The molecule has 17 heavy (non-hydrogen) atoms. The summed E-state index contributed by atoms with van der Waals surface area (Å²) in [4.78, 5) is 4.07. The van der Waals surface area contributed by atoms with Crippen LogP contribution in [0.25, 0.3) is 0 Å². The highest BCUT2D eigenvalue weighted by molar-refractivity contribution is 5.41. The summed E-state index contributed by atoms with van der Waals surface area (Å²) >= 11 is 0. The number of ether oxygens (including phenoxy) is 1. The first-order valence-corrected chi connectivity index (χ1v) is 5.95. The van der Waals surface area contributed by atoms with E-state index < -0.39 is 0 Å². The van der Waals surface area contributed by atoms with Gasteiger partial charge in [0, 0.05) is 18.4 Å². The van der Waals surface area contributed by atoms with E-state index in [0.717, 1.165) is 5.56 Å². The summed E-state index contributed by atoms with van der Waals surface area (Å²) in [5.74, 6) is 0.481. The Kier molecular flexibility index (Phi) is 4.48. The Hall–Kier alpha value is -1.13. The van der Waals surface area contributed by atoms with Crippen LogP contribution in [0.3, 0.4) is 0 Å². The van der Waals surface area contributed by atoms with Gasteiger partial charge in [-0.05, 0) is 18.4 Å². The lowest BCUT2D eigenvalue weighted by atomic mass is 9.82. The summed E-state index contributed by atoms with van der Waals surface area (Å²) in [6.07, 6.45) is 1.58. The first-order valence-electron chi connectivity index (χ1n) is 5.95. The molecule has 0 saturated carbocycles. The number of rotatable bonds is 4. The van der Waals surface area contributed by atoms with Gasteiger partial charge in [0.05, 0.1) is 12.1 Å². The SMILES string of the molecule is CCOC(C(N)c1cccnc1N)C(C)(C)C. The standard InChI is InChI=1S/C13H23N3O/c1-5-17-11(13(2,3)4)10(14)9-7-6-8-16-12(9)15/h6-8,10-11H,5,14H2,1-4H3,(H2,15,16). The molecule has 0 fully saturated rings. The van der Waals surface area contributed by atoms with Crippen LogP contribution >= 0.6 is 0 Å². The smallest absolute Gasteiger partial charge is 0.128 e. The molecule has 4 N–H and O–H groups in total. The maximum absolute atomic E-state index is 6.27. The second-order valence-electron chi connectivity index (χ2n) is 5.25. The maximum Gasteiger partial charge on any atom is 0.128 e. The number of hydrogen-bond donors (Lipinski definition) is 2. The minimum absolute atomic E-state index is 0.0439. The van der Waals surface area contributed by atoms with E-state index in [4.69, 9.17) is 16.2 Å². The number of nitrogens with two attached hydrogens (primary N) is 2. The molecule has 0 aliphatic carbocycles. The minimum atomic E-state index is -0.261. The van der Waals surface area contributed by atoms with Crippen molar-refractivity contribution in [1.82, 2.24) is 4.98 Å². The predicted octanol–water partition coefficient (Wildman–Crippen LogP) is 2.11. The molecule has 0 bridgehead atoms. The van der Waals surface area contributed by atoms with E-state index in [2.05, 4.69) is 25.8 Å². The fraction of sp³-hybridized carbons (Fsp3) is 0.615. The van der Waals surface area contributed by atoms with Crippen LogP contribution in [-0.4, -0.2) is 17.7 Å². The van der Waals surface area contributed by atoms with Gasteiger partial charge in [0.25, 0.3) is 0 Å². The van der Waals surface area contributed by atoms with Crippen molar-refractivity contribution in [3.63, 3.8) is 0 Å². The van der Waals surface area contributed by atoms with Gasteiger partial charge in [-0.3, -0.25) is 0 Å². The van der Waals surface area contributed by atoms with Gasteiger partial charge in [-0.2, -0.15) is 0 Å². The Morgan fingerprint density at radius 3 is 2.53 bits per heavy atom. The number of hydrogen-bond acceptors (Lipinski definition) is 4. The Bertz CT molecular complexity index is 360. The van der Waals surface area contributed by atoms with Gasteiger partial charge in [0.15, 0.2) is 0 Å². The van der Waals surface area contributed by atoms with E-state index in [1.165, 1.54) is 0 Å². The van der Waals surface area contributed by atoms with Gasteiger partial charge in [0.1, 0.15) is 5.82 Å². The van der Waals surface area contributed by atoms with Crippen LogP contribution in [0.5, 0.6) is 0 Å². The fourth-order valence-corrected chi connectivity index (χ4v) is 1.95. The number of nitrogen functional groups attached to an aromatic ring is 1. The van der Waals surface area contributed by atoms with Crippen LogP contribution in [-0.2, 0) is 4.74 Å². The molecule has 0 saturated heterocycles. The molecule has 0 aromatic carbocycles. The molecule has 0 amide bonds. The van der Waals surface area contributed by atoms with Crippen LogP contribution in [0, 0.1) is 5.41 Å². The molecule has 1 rings (SSSR count). The lowest BCUT2D eigenvalue weighted by Crippen LogP contribution is -2.39. The van der Waals surface area contributed by atoms with Gasteiger partial charge in [-0.25, -0.2) is 4.98 Å². The Balaban J connectivity index is 3.00. The largest absolute Gasteiger partial charge is 0.383 e. The van der Waals surface area contributed by atoms with E-state index in [-0.39, 0.29) is 17.6 Å². The molecule has 2 unspecified atom stereocenters. The zero-order valence-electron chi connectivity index (χ0n) is 11.1. The van der Waals surface area contributed by atoms with Crippen molar-refractivity contribution < 1.29 is 4.74 Å². The zero-order chi connectivity index (χ0) is 13.1. The Morgan fingerprint density at radius 1 is 1.41 bits per heavy atom. The van der Waals surface area contributed by atoms with Crippen molar-refractivity contribution in [2.24, 2.45) is 11.1 Å². The lowest BCUT2D eigenvalue weighted by Gasteiger charge is -2.35. The van der Waals surface area contributed by atoms with Crippen molar-refractivity contribution in [3.8, 4) is 0 Å². The highest BCUT2D eigenvalue weighted by Crippen LogP contribution is 2.32. The minimum Gasteiger partial charge on any atom is -0.383 e. The molecule has 2 atom stereocenters.